The summed E-state index contributed by atoms with van der Waals surface area (Å²) in [5, 5.41) is 11.5. The third-order valence-corrected chi connectivity index (χ3v) is 3.96. The van der Waals surface area contributed by atoms with E-state index in [0.29, 0.717) is 27.7 Å². The van der Waals surface area contributed by atoms with E-state index in [-0.39, 0.29) is 10.8 Å². The maximum absolute atomic E-state index is 12.6. The summed E-state index contributed by atoms with van der Waals surface area (Å²) in [6.45, 7) is 0. The van der Waals surface area contributed by atoms with Crippen LogP contribution < -0.4 is 16.0 Å². The van der Waals surface area contributed by atoms with Crippen LogP contribution in [0.4, 0.5) is 11.4 Å². The van der Waals surface area contributed by atoms with E-state index in [1.165, 1.54) is 0 Å². The van der Waals surface area contributed by atoms with Gasteiger partial charge < -0.3 is 10.5 Å². The second-order valence-electron chi connectivity index (χ2n) is 5.22. The van der Waals surface area contributed by atoms with E-state index in [2.05, 4.69) is 15.3 Å². The van der Waals surface area contributed by atoms with Crippen LogP contribution in [-0.2, 0) is 0 Å². The Balaban J connectivity index is 2.10. The standard InChI is InChI=1S/C17H14ClN5O2S/c1-25-13-7-5-10(6-8-13)14-15(16(24)23(22-14)17(19)26)21-20-12-4-2-3-11(18)9-12/h2-9,22H,1H3,(H2,19,26). The molecule has 7 nitrogen and oxygen atoms in total. The Morgan fingerprint density at radius 3 is 2.58 bits per heavy atom. The summed E-state index contributed by atoms with van der Waals surface area (Å²) in [4.78, 5) is 12.6. The Morgan fingerprint density at radius 2 is 1.96 bits per heavy atom. The summed E-state index contributed by atoms with van der Waals surface area (Å²) >= 11 is 10.8. The third kappa shape index (κ3) is 3.66. The molecular weight excluding hydrogens is 374 g/mol. The molecule has 0 radical (unpaired) electrons. The molecule has 0 aliphatic heterocycles. The van der Waals surface area contributed by atoms with Crippen LogP contribution in [0, 0.1) is 0 Å². The lowest BCUT2D eigenvalue weighted by atomic mass is 10.1. The minimum absolute atomic E-state index is 0.0861. The van der Waals surface area contributed by atoms with Gasteiger partial charge in [-0.3, -0.25) is 9.89 Å². The van der Waals surface area contributed by atoms with Crippen LogP contribution in [0.1, 0.15) is 0 Å². The summed E-state index contributed by atoms with van der Waals surface area (Å²) in [5.74, 6) is 0.687. The molecule has 0 atom stereocenters. The van der Waals surface area contributed by atoms with E-state index in [1.54, 1.807) is 55.6 Å². The second-order valence-corrected chi connectivity index (χ2v) is 6.08. The van der Waals surface area contributed by atoms with Gasteiger partial charge >= 0.3 is 5.56 Å². The van der Waals surface area contributed by atoms with Crippen molar-refractivity contribution in [1.82, 2.24) is 9.78 Å². The fourth-order valence-corrected chi connectivity index (χ4v) is 2.59. The molecule has 132 valence electrons. The minimum Gasteiger partial charge on any atom is -0.497 e. The number of nitrogens with one attached hydrogen (secondary N) is 1. The highest BCUT2D eigenvalue weighted by atomic mass is 35.5. The highest BCUT2D eigenvalue weighted by Gasteiger charge is 2.17. The quantitative estimate of drug-likeness (QED) is 0.522. The predicted octanol–water partition coefficient (Wildman–Crippen LogP) is 4.01. The molecule has 3 N–H and O–H groups in total. The van der Waals surface area contributed by atoms with Gasteiger partial charge in [0.05, 0.1) is 18.5 Å². The van der Waals surface area contributed by atoms with Gasteiger partial charge in [-0.2, -0.15) is 9.80 Å². The Hall–Kier alpha value is -2.97. The first-order chi connectivity index (χ1) is 12.5. The van der Waals surface area contributed by atoms with Crippen LogP contribution in [0.15, 0.2) is 63.6 Å². The molecule has 2 aromatic carbocycles. The van der Waals surface area contributed by atoms with Gasteiger partial charge in [0.1, 0.15) is 5.75 Å². The minimum atomic E-state index is -0.492. The van der Waals surface area contributed by atoms with Gasteiger partial charge in [-0.15, -0.1) is 5.11 Å². The molecule has 0 spiro atoms. The van der Waals surface area contributed by atoms with E-state index in [9.17, 15) is 4.79 Å². The molecule has 3 rings (SSSR count). The Bertz CT molecular complexity index is 1040. The molecule has 0 saturated heterocycles. The fourth-order valence-electron chi connectivity index (χ4n) is 2.28. The summed E-state index contributed by atoms with van der Waals surface area (Å²) < 4.78 is 6.19. The van der Waals surface area contributed by atoms with Crippen LogP contribution in [0.25, 0.3) is 11.3 Å². The molecule has 0 aliphatic carbocycles. The molecule has 0 unspecified atom stereocenters. The Kier molecular flexibility index (Phi) is 5.15. The monoisotopic (exact) mass is 387 g/mol. The Morgan fingerprint density at radius 1 is 1.23 bits per heavy atom. The molecule has 9 heteroatoms. The average molecular weight is 388 g/mol. The van der Waals surface area contributed by atoms with E-state index >= 15 is 0 Å². The number of aromatic amines is 1. The van der Waals surface area contributed by atoms with E-state index in [4.69, 9.17) is 34.3 Å². The SMILES string of the molecule is COc1ccc(-c2[nH]n(C(N)=S)c(=O)c2N=Nc2cccc(Cl)c2)cc1. The average Bonchev–Trinajstić information content (AvgIpc) is 2.97. The van der Waals surface area contributed by atoms with Crippen molar-refractivity contribution in [3.8, 4) is 17.0 Å². The summed E-state index contributed by atoms with van der Waals surface area (Å²) in [6, 6.07) is 13.9. The third-order valence-electron chi connectivity index (χ3n) is 3.54. The van der Waals surface area contributed by atoms with Crippen molar-refractivity contribution in [1.29, 1.82) is 0 Å². The maximum atomic E-state index is 12.6. The fraction of sp³-hybridized carbons (Fsp3) is 0.0588. The van der Waals surface area contributed by atoms with Crippen LogP contribution in [0.3, 0.4) is 0 Å². The van der Waals surface area contributed by atoms with Crippen molar-refractivity contribution in [2.75, 3.05) is 7.11 Å². The topological polar surface area (TPSA) is 97.8 Å². The lowest BCUT2D eigenvalue weighted by Gasteiger charge is -2.02. The van der Waals surface area contributed by atoms with Gasteiger partial charge in [0, 0.05) is 10.6 Å². The number of azo groups is 1. The van der Waals surface area contributed by atoms with Gasteiger partial charge in [0.15, 0.2) is 10.8 Å². The zero-order valence-electron chi connectivity index (χ0n) is 13.6. The molecule has 26 heavy (non-hydrogen) atoms. The zero-order chi connectivity index (χ0) is 18.7. The number of thiocarbonyl (C=S) groups is 1. The molecule has 3 aromatic rings. The summed E-state index contributed by atoms with van der Waals surface area (Å²) in [6.07, 6.45) is 0. The van der Waals surface area contributed by atoms with Crippen molar-refractivity contribution < 1.29 is 4.74 Å². The second kappa shape index (κ2) is 7.51. The van der Waals surface area contributed by atoms with Crippen molar-refractivity contribution >= 4 is 40.3 Å². The Labute approximate surface area is 159 Å². The molecule has 1 heterocycles. The number of benzene rings is 2. The van der Waals surface area contributed by atoms with Crippen molar-refractivity contribution in [2.45, 2.75) is 0 Å². The van der Waals surface area contributed by atoms with E-state index < -0.39 is 5.56 Å². The number of ether oxygens (including phenoxy) is 1. The predicted molar refractivity (Wildman–Crippen MR) is 105 cm³/mol. The number of halogens is 1. The highest BCUT2D eigenvalue weighted by molar-refractivity contribution is 7.80. The zero-order valence-corrected chi connectivity index (χ0v) is 15.2. The molecule has 0 amide bonds. The van der Waals surface area contributed by atoms with Crippen LogP contribution >= 0.6 is 23.8 Å². The van der Waals surface area contributed by atoms with Crippen LogP contribution in [0.5, 0.6) is 5.75 Å². The number of hydrogen-bond donors (Lipinski definition) is 2. The highest BCUT2D eigenvalue weighted by Crippen LogP contribution is 2.29. The molecule has 0 bridgehead atoms. The summed E-state index contributed by atoms with van der Waals surface area (Å²) in [5.41, 5.74) is 6.86. The first kappa shape index (κ1) is 17.8. The van der Waals surface area contributed by atoms with Gasteiger partial charge in [-0.05, 0) is 54.7 Å². The smallest absolute Gasteiger partial charge is 0.301 e. The largest absolute Gasteiger partial charge is 0.497 e. The normalized spacial score (nSPS) is 11.0. The first-order valence-corrected chi connectivity index (χ1v) is 8.25. The molecule has 1 aromatic heterocycles. The number of H-pyrrole nitrogens is 1. The number of nitrogens with two attached hydrogens (primary N) is 1. The number of methoxy groups -OCH3 is 1. The van der Waals surface area contributed by atoms with E-state index in [1.807, 2.05) is 0 Å². The number of nitrogens with zero attached hydrogens (tertiary/aromatic N) is 3. The van der Waals surface area contributed by atoms with Gasteiger partial charge in [-0.25, -0.2) is 0 Å². The number of aromatic nitrogens is 2. The lowest BCUT2D eigenvalue weighted by molar-refractivity contribution is 0.415. The molecule has 0 aliphatic rings. The molecule has 0 saturated carbocycles. The first-order valence-electron chi connectivity index (χ1n) is 7.46. The van der Waals surface area contributed by atoms with Crippen molar-refractivity contribution in [3.05, 3.63) is 63.9 Å². The van der Waals surface area contributed by atoms with Crippen molar-refractivity contribution in [2.24, 2.45) is 16.0 Å². The van der Waals surface area contributed by atoms with E-state index in [0.717, 1.165) is 4.68 Å². The van der Waals surface area contributed by atoms with Gasteiger partial charge in [0.25, 0.3) is 0 Å². The van der Waals surface area contributed by atoms with Crippen molar-refractivity contribution in [3.63, 3.8) is 0 Å². The number of rotatable bonds is 4. The number of hydrogen-bond acceptors (Lipinski definition) is 5. The lowest BCUT2D eigenvalue weighted by Crippen LogP contribution is -2.29. The molecule has 0 fully saturated rings. The van der Waals surface area contributed by atoms with Crippen LogP contribution in [-0.4, -0.2) is 22.0 Å². The van der Waals surface area contributed by atoms with Crippen LogP contribution in [0.2, 0.25) is 5.02 Å². The summed E-state index contributed by atoms with van der Waals surface area (Å²) in [7, 11) is 1.57. The van der Waals surface area contributed by atoms with Gasteiger partial charge in [-0.1, -0.05) is 17.7 Å². The molecular formula is C17H14ClN5O2S. The van der Waals surface area contributed by atoms with Gasteiger partial charge in [0.2, 0.25) is 0 Å². The maximum Gasteiger partial charge on any atom is 0.301 e.